The Balaban J connectivity index is 1.22. The molecule has 1 N–H and O–H groups in total. The van der Waals surface area contributed by atoms with Crippen molar-refractivity contribution < 1.29 is 27.5 Å². The normalized spacial score (nSPS) is 20.9. The highest BCUT2D eigenvalue weighted by Crippen LogP contribution is 2.32. The number of nitrogens with zero attached hydrogens (tertiary/aromatic N) is 3. The third-order valence-electron chi connectivity index (χ3n) is 6.59. The van der Waals surface area contributed by atoms with Gasteiger partial charge in [0, 0.05) is 44.8 Å². The third-order valence-corrected chi connectivity index (χ3v) is 8.49. The molecule has 2 fully saturated rings. The predicted octanol–water partition coefficient (Wildman–Crippen LogP) is 1.21. The molecule has 0 aromatic heterocycles. The lowest BCUT2D eigenvalue weighted by Gasteiger charge is -2.35. The van der Waals surface area contributed by atoms with E-state index in [1.165, 1.54) is 22.5 Å². The number of nitrogens with one attached hydrogen (secondary N) is 1. The van der Waals surface area contributed by atoms with Crippen molar-refractivity contribution in [2.24, 2.45) is 5.92 Å². The molecular weight excluding hydrogens is 472 g/mol. The van der Waals surface area contributed by atoms with Crippen molar-refractivity contribution in [1.29, 1.82) is 0 Å². The van der Waals surface area contributed by atoms with E-state index in [1.54, 1.807) is 9.80 Å². The smallest absolute Gasteiger partial charge is 0.262 e. The summed E-state index contributed by atoms with van der Waals surface area (Å²) in [5.74, 6) is -0.581. The molecule has 0 aliphatic carbocycles. The van der Waals surface area contributed by atoms with Gasteiger partial charge < -0.3 is 19.9 Å². The number of fused-ring (bicyclic) bond motifs is 1. The van der Waals surface area contributed by atoms with Crippen molar-refractivity contribution in [3.63, 3.8) is 0 Å². The molecule has 11 heteroatoms. The molecule has 3 heterocycles. The molecule has 0 saturated carbocycles. The average Bonchev–Trinajstić information content (AvgIpc) is 3.25. The summed E-state index contributed by atoms with van der Waals surface area (Å²) in [7, 11) is -3.81. The molecule has 2 aromatic rings. The standard InChI is InChI=1S/C24H26N4O6S/c1-16-2-4-18(5-3-16)28-14-17(12-23(28)30)24(31)26-8-10-27(11-9-26)35(32,33)19-6-7-21-20(13-19)25-22(29)15-34-21/h2-7,13,17H,8-12,14-15H2,1H3,(H,25,29)/t17-/m1/s1. The first kappa shape index (κ1) is 23.3. The minimum atomic E-state index is -3.81. The number of amides is 3. The van der Waals surface area contributed by atoms with Crippen LogP contribution in [0.25, 0.3) is 0 Å². The summed E-state index contributed by atoms with van der Waals surface area (Å²) in [5, 5.41) is 2.62. The van der Waals surface area contributed by atoms with Crippen molar-refractivity contribution in [2.45, 2.75) is 18.2 Å². The fourth-order valence-electron chi connectivity index (χ4n) is 4.63. The summed E-state index contributed by atoms with van der Waals surface area (Å²) in [6.07, 6.45) is 0.147. The molecule has 0 unspecified atom stereocenters. The zero-order valence-electron chi connectivity index (χ0n) is 19.3. The second-order valence-corrected chi connectivity index (χ2v) is 10.9. The summed E-state index contributed by atoms with van der Waals surface area (Å²) in [4.78, 5) is 40.6. The fourth-order valence-corrected chi connectivity index (χ4v) is 6.07. The van der Waals surface area contributed by atoms with Gasteiger partial charge in [0.1, 0.15) is 5.75 Å². The maximum Gasteiger partial charge on any atom is 0.262 e. The van der Waals surface area contributed by atoms with Crippen molar-refractivity contribution in [3.05, 3.63) is 48.0 Å². The Kier molecular flexibility index (Phi) is 5.97. The Morgan fingerprint density at radius 1 is 1.03 bits per heavy atom. The zero-order chi connectivity index (χ0) is 24.7. The van der Waals surface area contributed by atoms with Gasteiger partial charge in [-0.25, -0.2) is 8.42 Å². The molecule has 3 amide bonds. The van der Waals surface area contributed by atoms with E-state index in [9.17, 15) is 22.8 Å². The highest BCUT2D eigenvalue weighted by Gasteiger charge is 2.39. The van der Waals surface area contributed by atoms with E-state index in [2.05, 4.69) is 5.32 Å². The van der Waals surface area contributed by atoms with Gasteiger partial charge in [0.25, 0.3) is 5.91 Å². The first-order valence-corrected chi connectivity index (χ1v) is 12.9. The lowest BCUT2D eigenvalue weighted by molar-refractivity contribution is -0.137. The number of aryl methyl sites for hydroxylation is 1. The van der Waals surface area contributed by atoms with Gasteiger partial charge in [0.2, 0.25) is 21.8 Å². The molecule has 2 saturated heterocycles. The van der Waals surface area contributed by atoms with E-state index >= 15 is 0 Å². The molecule has 0 bridgehead atoms. The SMILES string of the molecule is Cc1ccc(N2C[C@H](C(=O)N3CCN(S(=O)(=O)c4ccc5c(c4)NC(=O)CO5)CC3)CC2=O)cc1. The highest BCUT2D eigenvalue weighted by molar-refractivity contribution is 7.89. The van der Waals surface area contributed by atoms with E-state index in [0.29, 0.717) is 18.0 Å². The second-order valence-electron chi connectivity index (χ2n) is 8.97. The topological polar surface area (TPSA) is 116 Å². The quantitative estimate of drug-likeness (QED) is 0.678. The molecule has 3 aliphatic rings. The number of piperazine rings is 1. The van der Waals surface area contributed by atoms with Crippen molar-refractivity contribution in [2.75, 3.05) is 49.5 Å². The number of rotatable bonds is 4. The van der Waals surface area contributed by atoms with E-state index in [0.717, 1.165) is 11.3 Å². The third kappa shape index (κ3) is 4.48. The monoisotopic (exact) mass is 498 g/mol. The summed E-state index contributed by atoms with van der Waals surface area (Å²) >= 11 is 0. The Morgan fingerprint density at radius 2 is 1.74 bits per heavy atom. The molecular formula is C24H26N4O6S. The number of carbonyl (C=O) groups excluding carboxylic acids is 3. The zero-order valence-corrected chi connectivity index (χ0v) is 20.1. The van der Waals surface area contributed by atoms with Crippen LogP contribution in [-0.2, 0) is 24.4 Å². The van der Waals surface area contributed by atoms with Gasteiger partial charge in [-0.2, -0.15) is 4.31 Å². The molecule has 1 atom stereocenters. The van der Waals surface area contributed by atoms with Gasteiger partial charge in [0.05, 0.1) is 16.5 Å². The van der Waals surface area contributed by atoms with Crippen LogP contribution in [0.4, 0.5) is 11.4 Å². The van der Waals surface area contributed by atoms with Gasteiger partial charge in [-0.1, -0.05) is 17.7 Å². The van der Waals surface area contributed by atoms with Crippen LogP contribution in [0.2, 0.25) is 0 Å². The summed E-state index contributed by atoms with van der Waals surface area (Å²) < 4.78 is 33.0. The number of sulfonamides is 1. The minimum Gasteiger partial charge on any atom is -0.482 e. The van der Waals surface area contributed by atoms with E-state index in [4.69, 9.17) is 4.74 Å². The lowest BCUT2D eigenvalue weighted by Crippen LogP contribution is -2.52. The van der Waals surface area contributed by atoms with Crippen molar-refractivity contribution in [3.8, 4) is 5.75 Å². The minimum absolute atomic E-state index is 0.0527. The lowest BCUT2D eigenvalue weighted by atomic mass is 10.1. The average molecular weight is 499 g/mol. The molecule has 0 radical (unpaired) electrons. The summed E-state index contributed by atoms with van der Waals surface area (Å²) in [5.41, 5.74) is 2.19. The van der Waals surface area contributed by atoms with Gasteiger partial charge in [-0.3, -0.25) is 14.4 Å². The van der Waals surface area contributed by atoms with Crippen LogP contribution < -0.4 is 15.0 Å². The Bertz CT molecular complexity index is 1290. The molecule has 10 nitrogen and oxygen atoms in total. The van der Waals surface area contributed by atoms with Crippen LogP contribution in [-0.4, -0.2) is 74.7 Å². The maximum absolute atomic E-state index is 13.2. The Morgan fingerprint density at radius 3 is 2.46 bits per heavy atom. The van der Waals surface area contributed by atoms with Gasteiger partial charge in [-0.05, 0) is 37.3 Å². The number of carbonyl (C=O) groups is 3. The second kappa shape index (κ2) is 8.97. The van der Waals surface area contributed by atoms with Gasteiger partial charge in [0.15, 0.2) is 6.61 Å². The molecule has 3 aliphatic heterocycles. The Hall–Kier alpha value is -3.44. The maximum atomic E-state index is 13.2. The first-order valence-electron chi connectivity index (χ1n) is 11.4. The summed E-state index contributed by atoms with van der Waals surface area (Å²) in [6.45, 7) is 2.98. The number of anilines is 2. The highest BCUT2D eigenvalue weighted by atomic mass is 32.2. The fraction of sp³-hybridized carbons (Fsp3) is 0.375. The number of ether oxygens (including phenoxy) is 1. The van der Waals surface area contributed by atoms with Gasteiger partial charge in [-0.15, -0.1) is 0 Å². The summed E-state index contributed by atoms with van der Waals surface area (Å²) in [6, 6.07) is 12.0. The number of hydrogen-bond donors (Lipinski definition) is 1. The number of hydrogen-bond acceptors (Lipinski definition) is 6. The molecule has 184 valence electrons. The Labute approximate surface area is 203 Å². The van der Waals surface area contributed by atoms with Crippen LogP contribution in [0.15, 0.2) is 47.4 Å². The van der Waals surface area contributed by atoms with Crippen LogP contribution >= 0.6 is 0 Å². The molecule has 35 heavy (non-hydrogen) atoms. The van der Waals surface area contributed by atoms with Crippen LogP contribution in [0, 0.1) is 12.8 Å². The molecule has 0 spiro atoms. The van der Waals surface area contributed by atoms with Crippen molar-refractivity contribution in [1.82, 2.24) is 9.21 Å². The van der Waals surface area contributed by atoms with E-state index in [1.807, 2.05) is 31.2 Å². The molecule has 5 rings (SSSR count). The van der Waals surface area contributed by atoms with E-state index in [-0.39, 0.29) is 61.8 Å². The van der Waals surface area contributed by atoms with Crippen LogP contribution in [0.3, 0.4) is 0 Å². The molecule has 2 aromatic carbocycles. The van der Waals surface area contributed by atoms with Crippen molar-refractivity contribution >= 4 is 39.1 Å². The first-order chi connectivity index (χ1) is 16.7. The van der Waals surface area contributed by atoms with Crippen LogP contribution in [0.5, 0.6) is 5.75 Å². The van der Waals surface area contributed by atoms with E-state index < -0.39 is 15.9 Å². The van der Waals surface area contributed by atoms with Gasteiger partial charge >= 0.3 is 0 Å². The predicted molar refractivity (Wildman–Crippen MR) is 128 cm³/mol. The largest absolute Gasteiger partial charge is 0.482 e. The number of benzene rings is 2. The van der Waals surface area contributed by atoms with Crippen LogP contribution in [0.1, 0.15) is 12.0 Å².